The van der Waals surface area contributed by atoms with Gasteiger partial charge >= 0.3 is 0 Å². The van der Waals surface area contributed by atoms with Crippen molar-refractivity contribution in [3.63, 3.8) is 0 Å². The van der Waals surface area contributed by atoms with Crippen molar-refractivity contribution in [3.8, 4) is 0 Å². The normalized spacial score (nSPS) is 29.6. The summed E-state index contributed by atoms with van der Waals surface area (Å²) in [4.78, 5) is 13.7. The number of carbonyl (C=O) groups is 1. The van der Waals surface area contributed by atoms with Gasteiger partial charge in [-0.1, -0.05) is 6.42 Å². The number of nitrogens with one attached hydrogen (secondary N) is 1. The predicted molar refractivity (Wildman–Crippen MR) is 63.6 cm³/mol. The average Bonchev–Trinajstić information content (AvgIpc) is 2.84. The Labute approximate surface area is 102 Å². The van der Waals surface area contributed by atoms with Gasteiger partial charge in [-0.15, -0.1) is 0 Å². The number of hydrogen-bond donors (Lipinski definition) is 2. The molecular weight excluding hydrogens is 220 g/mol. The summed E-state index contributed by atoms with van der Waals surface area (Å²) in [6, 6.07) is 0.310. The van der Waals surface area contributed by atoms with E-state index in [-0.39, 0.29) is 12.5 Å². The lowest BCUT2D eigenvalue weighted by molar-refractivity contribution is -0.134. The first-order valence-corrected chi connectivity index (χ1v) is 6.51. The number of nitrogens with zero attached hydrogens (tertiary/aromatic N) is 1. The third-order valence-corrected chi connectivity index (χ3v) is 3.77. The third kappa shape index (κ3) is 3.40. The van der Waals surface area contributed by atoms with Gasteiger partial charge in [0.1, 0.15) is 0 Å². The SMILES string of the molecule is O=C(CNC1CCCC1CO)N1CCOCC1. The van der Waals surface area contributed by atoms with Crippen LogP contribution in [0.3, 0.4) is 0 Å². The maximum Gasteiger partial charge on any atom is 0.236 e. The van der Waals surface area contributed by atoms with Crippen molar-refractivity contribution in [2.45, 2.75) is 25.3 Å². The van der Waals surface area contributed by atoms with Crippen molar-refractivity contribution in [2.75, 3.05) is 39.5 Å². The standard InChI is InChI=1S/C12H22N2O3/c15-9-10-2-1-3-11(10)13-8-12(16)14-4-6-17-7-5-14/h10-11,13,15H,1-9H2. The van der Waals surface area contributed by atoms with Crippen molar-refractivity contribution >= 4 is 5.91 Å². The minimum absolute atomic E-state index is 0.150. The van der Waals surface area contributed by atoms with E-state index in [0.29, 0.717) is 44.8 Å². The number of carbonyl (C=O) groups excluding carboxylic acids is 1. The Morgan fingerprint density at radius 3 is 2.82 bits per heavy atom. The minimum atomic E-state index is 0.150. The van der Waals surface area contributed by atoms with Crippen LogP contribution in [0.2, 0.25) is 0 Å². The minimum Gasteiger partial charge on any atom is -0.396 e. The van der Waals surface area contributed by atoms with Gasteiger partial charge in [0.15, 0.2) is 0 Å². The summed E-state index contributed by atoms with van der Waals surface area (Å²) in [7, 11) is 0. The summed E-state index contributed by atoms with van der Waals surface area (Å²) >= 11 is 0. The summed E-state index contributed by atoms with van der Waals surface area (Å²) in [5.74, 6) is 0.476. The van der Waals surface area contributed by atoms with Crippen LogP contribution in [-0.4, -0.2) is 61.4 Å². The zero-order valence-corrected chi connectivity index (χ0v) is 10.2. The number of rotatable bonds is 4. The Morgan fingerprint density at radius 1 is 1.35 bits per heavy atom. The van der Waals surface area contributed by atoms with Gasteiger partial charge in [0.05, 0.1) is 19.8 Å². The van der Waals surface area contributed by atoms with Gasteiger partial charge in [0.25, 0.3) is 0 Å². The summed E-state index contributed by atoms with van der Waals surface area (Å²) in [5, 5.41) is 12.5. The molecule has 1 aliphatic carbocycles. The van der Waals surface area contributed by atoms with Crippen LogP contribution < -0.4 is 5.32 Å². The van der Waals surface area contributed by atoms with E-state index >= 15 is 0 Å². The zero-order valence-electron chi connectivity index (χ0n) is 10.2. The summed E-state index contributed by atoms with van der Waals surface area (Å²) in [6.45, 7) is 3.32. The monoisotopic (exact) mass is 242 g/mol. The van der Waals surface area contributed by atoms with Crippen LogP contribution in [0.5, 0.6) is 0 Å². The first kappa shape index (κ1) is 12.8. The predicted octanol–water partition coefficient (Wildman–Crippen LogP) is -0.404. The number of amides is 1. The summed E-state index contributed by atoms with van der Waals surface area (Å²) < 4.78 is 5.21. The smallest absolute Gasteiger partial charge is 0.236 e. The molecule has 0 aromatic heterocycles. The van der Waals surface area contributed by atoms with Gasteiger partial charge in [0.2, 0.25) is 5.91 Å². The molecule has 98 valence electrons. The highest BCUT2D eigenvalue weighted by molar-refractivity contribution is 5.78. The van der Waals surface area contributed by atoms with Crippen LogP contribution in [0.1, 0.15) is 19.3 Å². The van der Waals surface area contributed by atoms with E-state index in [1.165, 1.54) is 0 Å². The average molecular weight is 242 g/mol. The van der Waals surface area contributed by atoms with E-state index in [2.05, 4.69) is 5.32 Å². The Morgan fingerprint density at radius 2 is 2.12 bits per heavy atom. The molecule has 0 aromatic carbocycles. The highest BCUT2D eigenvalue weighted by Crippen LogP contribution is 2.24. The fourth-order valence-corrected chi connectivity index (χ4v) is 2.67. The molecule has 5 heteroatoms. The van der Waals surface area contributed by atoms with Gasteiger partial charge in [-0.25, -0.2) is 0 Å². The van der Waals surface area contributed by atoms with Crippen molar-refractivity contribution in [3.05, 3.63) is 0 Å². The zero-order chi connectivity index (χ0) is 12.1. The van der Waals surface area contributed by atoms with Crippen molar-refractivity contribution < 1.29 is 14.6 Å². The lowest BCUT2D eigenvalue weighted by Gasteiger charge is -2.28. The van der Waals surface area contributed by atoms with Gasteiger partial charge in [0, 0.05) is 25.7 Å². The Balaban J connectivity index is 1.71. The molecule has 0 radical (unpaired) electrons. The molecule has 17 heavy (non-hydrogen) atoms. The Hall–Kier alpha value is -0.650. The molecule has 0 bridgehead atoms. The van der Waals surface area contributed by atoms with Crippen molar-refractivity contribution in [1.29, 1.82) is 0 Å². The van der Waals surface area contributed by atoms with E-state index in [9.17, 15) is 9.90 Å². The molecule has 1 saturated heterocycles. The van der Waals surface area contributed by atoms with Gasteiger partial charge in [-0.3, -0.25) is 4.79 Å². The molecule has 1 aliphatic heterocycles. The second kappa shape index (κ2) is 6.33. The maximum absolute atomic E-state index is 11.9. The molecule has 1 heterocycles. The van der Waals surface area contributed by atoms with Crippen molar-refractivity contribution in [1.82, 2.24) is 10.2 Å². The van der Waals surface area contributed by atoms with Crippen LogP contribution in [0.4, 0.5) is 0 Å². The highest BCUT2D eigenvalue weighted by atomic mass is 16.5. The first-order valence-electron chi connectivity index (χ1n) is 6.51. The lowest BCUT2D eigenvalue weighted by atomic mass is 10.1. The van der Waals surface area contributed by atoms with Crippen LogP contribution >= 0.6 is 0 Å². The molecule has 1 saturated carbocycles. The Bertz CT molecular complexity index is 254. The molecule has 1 amide bonds. The van der Waals surface area contributed by atoms with Crippen LogP contribution in [-0.2, 0) is 9.53 Å². The van der Waals surface area contributed by atoms with Gasteiger partial charge in [-0.05, 0) is 18.8 Å². The summed E-state index contributed by atoms with van der Waals surface area (Å²) in [6.07, 6.45) is 3.29. The second-order valence-corrected chi connectivity index (χ2v) is 4.85. The molecule has 0 aromatic rings. The fraction of sp³-hybridized carbons (Fsp3) is 0.917. The Kier molecular flexibility index (Phi) is 4.76. The van der Waals surface area contributed by atoms with Crippen molar-refractivity contribution in [2.24, 2.45) is 5.92 Å². The van der Waals surface area contributed by atoms with Crippen LogP contribution in [0.15, 0.2) is 0 Å². The molecular formula is C12H22N2O3. The number of ether oxygens (including phenoxy) is 1. The number of hydrogen-bond acceptors (Lipinski definition) is 4. The van der Waals surface area contributed by atoms with Crippen LogP contribution in [0, 0.1) is 5.92 Å². The quantitative estimate of drug-likeness (QED) is 0.704. The molecule has 2 rings (SSSR count). The topological polar surface area (TPSA) is 61.8 Å². The third-order valence-electron chi connectivity index (χ3n) is 3.77. The van der Waals surface area contributed by atoms with Gasteiger partial charge in [-0.2, -0.15) is 0 Å². The molecule has 2 atom stereocenters. The van der Waals surface area contributed by atoms with E-state index in [1.807, 2.05) is 4.90 Å². The molecule has 2 fully saturated rings. The van der Waals surface area contributed by atoms with E-state index in [1.54, 1.807) is 0 Å². The van der Waals surface area contributed by atoms with E-state index in [0.717, 1.165) is 19.3 Å². The molecule has 2 N–H and O–H groups in total. The highest BCUT2D eigenvalue weighted by Gasteiger charge is 2.27. The lowest BCUT2D eigenvalue weighted by Crippen LogP contribution is -2.47. The van der Waals surface area contributed by atoms with Crippen LogP contribution in [0.25, 0.3) is 0 Å². The second-order valence-electron chi connectivity index (χ2n) is 4.85. The largest absolute Gasteiger partial charge is 0.396 e. The van der Waals surface area contributed by atoms with E-state index in [4.69, 9.17) is 4.74 Å². The maximum atomic E-state index is 11.9. The number of aliphatic hydroxyl groups is 1. The van der Waals surface area contributed by atoms with Gasteiger partial charge < -0.3 is 20.1 Å². The van der Waals surface area contributed by atoms with E-state index < -0.39 is 0 Å². The number of morpholine rings is 1. The summed E-state index contributed by atoms with van der Waals surface area (Å²) in [5.41, 5.74) is 0. The fourth-order valence-electron chi connectivity index (χ4n) is 2.67. The molecule has 0 spiro atoms. The molecule has 2 aliphatic rings. The first-order chi connectivity index (χ1) is 8.31. The number of aliphatic hydroxyl groups excluding tert-OH is 1. The molecule has 5 nitrogen and oxygen atoms in total. The molecule has 2 unspecified atom stereocenters.